The van der Waals surface area contributed by atoms with Crippen LogP contribution in [0.2, 0.25) is 0 Å². The van der Waals surface area contributed by atoms with E-state index >= 15 is 0 Å². The first kappa shape index (κ1) is 9.71. The number of carbonyl (C=O) groups excluding carboxylic acids is 2. The summed E-state index contributed by atoms with van der Waals surface area (Å²) in [5, 5.41) is 1.37. The zero-order valence-electron chi connectivity index (χ0n) is 8.49. The van der Waals surface area contributed by atoms with Crippen molar-refractivity contribution in [3.63, 3.8) is 0 Å². The van der Waals surface area contributed by atoms with Gasteiger partial charge in [-0.05, 0) is 11.1 Å². The van der Waals surface area contributed by atoms with Gasteiger partial charge >= 0.3 is 0 Å². The molecule has 0 saturated heterocycles. The molecule has 0 spiro atoms. The summed E-state index contributed by atoms with van der Waals surface area (Å²) in [6, 6.07) is 7.76. The van der Waals surface area contributed by atoms with E-state index in [9.17, 15) is 9.59 Å². The Labute approximate surface area is 87.9 Å². The van der Waals surface area contributed by atoms with Crippen molar-refractivity contribution in [1.29, 1.82) is 0 Å². The van der Waals surface area contributed by atoms with Gasteiger partial charge in [-0.2, -0.15) is 0 Å². The largest absolute Gasteiger partial charge is 0.274 e. The summed E-state index contributed by atoms with van der Waals surface area (Å²) in [6.07, 6.45) is 0.358. The Balaban J connectivity index is 2.22. The van der Waals surface area contributed by atoms with Gasteiger partial charge in [0.15, 0.2) is 0 Å². The SMILES string of the molecule is CC(=O)NN1Cc2ccccc2CC1=O. The second-order valence-electron chi connectivity index (χ2n) is 3.59. The summed E-state index contributed by atoms with van der Waals surface area (Å²) in [7, 11) is 0. The molecule has 0 aromatic heterocycles. The molecule has 0 aliphatic carbocycles. The molecule has 0 saturated carbocycles. The first-order valence-corrected chi connectivity index (χ1v) is 4.81. The van der Waals surface area contributed by atoms with Crippen molar-refractivity contribution in [2.45, 2.75) is 19.9 Å². The summed E-state index contributed by atoms with van der Waals surface area (Å²) >= 11 is 0. The normalized spacial score (nSPS) is 14.7. The Hall–Kier alpha value is -1.84. The predicted molar refractivity (Wildman–Crippen MR) is 54.5 cm³/mol. The Morgan fingerprint density at radius 3 is 2.67 bits per heavy atom. The van der Waals surface area contributed by atoms with Crippen molar-refractivity contribution in [2.75, 3.05) is 0 Å². The van der Waals surface area contributed by atoms with E-state index in [0.29, 0.717) is 13.0 Å². The van der Waals surface area contributed by atoms with Crippen LogP contribution in [0.5, 0.6) is 0 Å². The fourth-order valence-corrected chi connectivity index (χ4v) is 1.69. The molecule has 0 fully saturated rings. The average molecular weight is 204 g/mol. The van der Waals surface area contributed by atoms with Crippen LogP contribution < -0.4 is 5.43 Å². The minimum Gasteiger partial charge on any atom is -0.274 e. The zero-order valence-corrected chi connectivity index (χ0v) is 8.49. The average Bonchev–Trinajstić information content (AvgIpc) is 2.18. The number of hydrazine groups is 1. The van der Waals surface area contributed by atoms with Crippen LogP contribution in [-0.4, -0.2) is 16.8 Å². The van der Waals surface area contributed by atoms with Gasteiger partial charge in [0.05, 0.1) is 13.0 Å². The molecule has 1 aliphatic rings. The van der Waals surface area contributed by atoms with Crippen molar-refractivity contribution >= 4 is 11.8 Å². The molecule has 1 N–H and O–H groups in total. The number of benzene rings is 1. The molecule has 78 valence electrons. The molecule has 1 aromatic carbocycles. The van der Waals surface area contributed by atoms with Gasteiger partial charge in [0.2, 0.25) is 11.8 Å². The lowest BCUT2D eigenvalue weighted by atomic mass is 10.0. The highest BCUT2D eigenvalue weighted by atomic mass is 16.2. The molecule has 0 radical (unpaired) electrons. The highest BCUT2D eigenvalue weighted by Gasteiger charge is 2.22. The van der Waals surface area contributed by atoms with Crippen LogP contribution in [-0.2, 0) is 22.6 Å². The zero-order chi connectivity index (χ0) is 10.8. The van der Waals surface area contributed by atoms with E-state index in [4.69, 9.17) is 0 Å². The smallest absolute Gasteiger partial charge is 0.245 e. The molecule has 0 atom stereocenters. The van der Waals surface area contributed by atoms with Gasteiger partial charge in [-0.1, -0.05) is 24.3 Å². The van der Waals surface area contributed by atoms with E-state index in [2.05, 4.69) is 5.43 Å². The number of nitrogens with zero attached hydrogens (tertiary/aromatic N) is 1. The second-order valence-corrected chi connectivity index (χ2v) is 3.59. The molecule has 2 rings (SSSR count). The number of carbonyl (C=O) groups is 2. The Bertz CT molecular complexity index is 415. The van der Waals surface area contributed by atoms with Crippen LogP contribution >= 0.6 is 0 Å². The van der Waals surface area contributed by atoms with Gasteiger partial charge in [-0.25, -0.2) is 5.01 Å². The van der Waals surface area contributed by atoms with Crippen LogP contribution in [0.25, 0.3) is 0 Å². The summed E-state index contributed by atoms with van der Waals surface area (Å²) in [5.74, 6) is -0.286. The van der Waals surface area contributed by atoms with Gasteiger partial charge in [0, 0.05) is 6.92 Å². The van der Waals surface area contributed by atoms with Crippen LogP contribution in [0.1, 0.15) is 18.1 Å². The third kappa shape index (κ3) is 1.98. The van der Waals surface area contributed by atoms with Crippen molar-refractivity contribution in [1.82, 2.24) is 10.4 Å². The second kappa shape index (κ2) is 3.73. The molecule has 0 bridgehead atoms. The molecule has 1 aliphatic heterocycles. The molecule has 2 amide bonds. The van der Waals surface area contributed by atoms with Crippen LogP contribution in [0.4, 0.5) is 0 Å². The van der Waals surface area contributed by atoms with Gasteiger partial charge in [0.1, 0.15) is 0 Å². The minimum absolute atomic E-state index is 0.0658. The molecular formula is C11H12N2O2. The lowest BCUT2D eigenvalue weighted by Gasteiger charge is -2.28. The van der Waals surface area contributed by atoms with Crippen molar-refractivity contribution < 1.29 is 9.59 Å². The topological polar surface area (TPSA) is 49.4 Å². The minimum atomic E-state index is -0.220. The highest BCUT2D eigenvalue weighted by molar-refractivity contribution is 5.83. The number of amides is 2. The summed E-state index contributed by atoms with van der Waals surface area (Å²) in [5.41, 5.74) is 4.65. The summed E-state index contributed by atoms with van der Waals surface area (Å²) < 4.78 is 0. The van der Waals surface area contributed by atoms with Crippen molar-refractivity contribution in [3.05, 3.63) is 35.4 Å². The first-order chi connectivity index (χ1) is 7.16. The monoisotopic (exact) mass is 204 g/mol. The van der Waals surface area contributed by atoms with Crippen molar-refractivity contribution in [2.24, 2.45) is 0 Å². The highest BCUT2D eigenvalue weighted by Crippen LogP contribution is 2.17. The number of nitrogens with one attached hydrogen (secondary N) is 1. The van der Waals surface area contributed by atoms with E-state index in [1.54, 1.807) is 0 Å². The lowest BCUT2D eigenvalue weighted by molar-refractivity contribution is -0.141. The number of hydrogen-bond donors (Lipinski definition) is 1. The lowest BCUT2D eigenvalue weighted by Crippen LogP contribution is -2.47. The van der Waals surface area contributed by atoms with Gasteiger partial charge in [0.25, 0.3) is 0 Å². The molecule has 15 heavy (non-hydrogen) atoms. The number of hydrogen-bond acceptors (Lipinski definition) is 2. The van der Waals surface area contributed by atoms with Gasteiger partial charge in [-0.15, -0.1) is 0 Å². The molecule has 1 aromatic rings. The number of rotatable bonds is 1. The van der Waals surface area contributed by atoms with Gasteiger partial charge < -0.3 is 0 Å². The number of fused-ring (bicyclic) bond motifs is 1. The quantitative estimate of drug-likeness (QED) is 0.729. The summed E-state index contributed by atoms with van der Waals surface area (Å²) in [4.78, 5) is 22.5. The van der Waals surface area contributed by atoms with E-state index in [0.717, 1.165) is 11.1 Å². The van der Waals surface area contributed by atoms with Gasteiger partial charge in [-0.3, -0.25) is 15.0 Å². The third-order valence-electron chi connectivity index (χ3n) is 2.38. The van der Waals surface area contributed by atoms with Crippen LogP contribution in [0.15, 0.2) is 24.3 Å². The molecule has 4 nitrogen and oxygen atoms in total. The Morgan fingerprint density at radius 2 is 2.00 bits per heavy atom. The maximum Gasteiger partial charge on any atom is 0.245 e. The third-order valence-corrected chi connectivity index (χ3v) is 2.38. The van der Waals surface area contributed by atoms with Crippen LogP contribution in [0, 0.1) is 0 Å². The molecular weight excluding hydrogens is 192 g/mol. The maximum absolute atomic E-state index is 11.6. The predicted octanol–water partition coefficient (Wildman–Crippen LogP) is 0.622. The van der Waals surface area contributed by atoms with Crippen molar-refractivity contribution in [3.8, 4) is 0 Å². The summed E-state index contributed by atoms with van der Waals surface area (Å²) in [6.45, 7) is 1.85. The standard InChI is InChI=1S/C11H12N2O2/c1-8(14)12-13-7-10-5-3-2-4-9(10)6-11(13)15/h2-5H,6-7H2,1H3,(H,12,14). The Kier molecular flexibility index (Phi) is 2.41. The van der Waals surface area contributed by atoms with E-state index < -0.39 is 0 Å². The fraction of sp³-hybridized carbons (Fsp3) is 0.273. The molecule has 4 heteroatoms. The Morgan fingerprint density at radius 1 is 1.33 bits per heavy atom. The maximum atomic E-state index is 11.6. The van der Waals surface area contributed by atoms with Crippen LogP contribution in [0.3, 0.4) is 0 Å². The van der Waals surface area contributed by atoms with E-state index in [1.807, 2.05) is 24.3 Å². The first-order valence-electron chi connectivity index (χ1n) is 4.81. The molecule has 0 unspecified atom stereocenters. The molecule has 1 heterocycles. The fourth-order valence-electron chi connectivity index (χ4n) is 1.69. The van der Waals surface area contributed by atoms with E-state index in [-0.39, 0.29) is 11.8 Å². The van der Waals surface area contributed by atoms with E-state index in [1.165, 1.54) is 11.9 Å².